The third kappa shape index (κ3) is 3.81. The number of nitrogens with one attached hydrogen (secondary N) is 1. The molecule has 1 unspecified atom stereocenters. The summed E-state index contributed by atoms with van der Waals surface area (Å²) < 4.78 is 0. The summed E-state index contributed by atoms with van der Waals surface area (Å²) in [7, 11) is 0. The highest BCUT2D eigenvalue weighted by Gasteiger charge is 2.22. The number of aromatic nitrogens is 1. The van der Waals surface area contributed by atoms with Crippen LogP contribution in [0.15, 0.2) is 24.5 Å². The van der Waals surface area contributed by atoms with Crippen molar-refractivity contribution in [3.63, 3.8) is 0 Å². The van der Waals surface area contributed by atoms with E-state index in [0.717, 1.165) is 18.9 Å². The third-order valence-corrected chi connectivity index (χ3v) is 3.89. The molecule has 0 spiro atoms. The Bertz CT molecular complexity index is 304. The lowest BCUT2D eigenvalue weighted by atomic mass is 9.81. The number of rotatable bonds is 5. The van der Waals surface area contributed by atoms with Crippen molar-refractivity contribution in [2.75, 3.05) is 6.54 Å². The summed E-state index contributed by atoms with van der Waals surface area (Å²) in [6.45, 7) is 3.29. The van der Waals surface area contributed by atoms with E-state index in [1.807, 2.05) is 12.4 Å². The maximum absolute atomic E-state index is 4.09. The standard InChI is InChI=1S/C15H24N2/c1-2-17-15(14-6-4-3-5-7-14)12-13-8-10-16-11-9-13/h8-11,14-15,17H,2-7,12H2,1H3. The molecule has 0 saturated heterocycles. The lowest BCUT2D eigenvalue weighted by Gasteiger charge is -2.31. The number of pyridine rings is 1. The van der Waals surface area contributed by atoms with E-state index < -0.39 is 0 Å². The van der Waals surface area contributed by atoms with Gasteiger partial charge in [0.15, 0.2) is 0 Å². The number of likely N-dealkylation sites (N-methyl/N-ethyl adjacent to an activating group) is 1. The Hall–Kier alpha value is -0.890. The van der Waals surface area contributed by atoms with Crippen molar-refractivity contribution >= 4 is 0 Å². The largest absolute Gasteiger partial charge is 0.314 e. The maximum Gasteiger partial charge on any atom is 0.0270 e. The van der Waals surface area contributed by atoms with Crippen LogP contribution in [0.1, 0.15) is 44.6 Å². The van der Waals surface area contributed by atoms with E-state index in [-0.39, 0.29) is 0 Å². The highest BCUT2D eigenvalue weighted by atomic mass is 14.9. The molecule has 1 aromatic heterocycles. The molecule has 0 amide bonds. The van der Waals surface area contributed by atoms with Gasteiger partial charge in [0, 0.05) is 18.4 Å². The predicted octanol–water partition coefficient (Wildman–Crippen LogP) is 3.18. The molecule has 1 aliphatic carbocycles. The smallest absolute Gasteiger partial charge is 0.0270 e. The van der Waals surface area contributed by atoms with Crippen molar-refractivity contribution < 1.29 is 0 Å². The van der Waals surface area contributed by atoms with Crippen LogP contribution in [0.25, 0.3) is 0 Å². The topological polar surface area (TPSA) is 24.9 Å². The molecule has 1 aromatic rings. The van der Waals surface area contributed by atoms with Gasteiger partial charge in [-0.15, -0.1) is 0 Å². The van der Waals surface area contributed by atoms with Crippen molar-refractivity contribution in [1.82, 2.24) is 10.3 Å². The highest BCUT2D eigenvalue weighted by molar-refractivity contribution is 5.11. The van der Waals surface area contributed by atoms with E-state index in [1.165, 1.54) is 37.7 Å². The van der Waals surface area contributed by atoms with Crippen molar-refractivity contribution in [3.05, 3.63) is 30.1 Å². The summed E-state index contributed by atoms with van der Waals surface area (Å²) in [4.78, 5) is 4.09. The van der Waals surface area contributed by atoms with Crippen molar-refractivity contribution in [1.29, 1.82) is 0 Å². The van der Waals surface area contributed by atoms with Crippen LogP contribution >= 0.6 is 0 Å². The van der Waals surface area contributed by atoms with Crippen molar-refractivity contribution in [2.45, 2.75) is 51.5 Å². The van der Waals surface area contributed by atoms with E-state index in [2.05, 4.69) is 29.4 Å². The summed E-state index contributed by atoms with van der Waals surface area (Å²) >= 11 is 0. The van der Waals surface area contributed by atoms with Gasteiger partial charge in [-0.3, -0.25) is 4.98 Å². The van der Waals surface area contributed by atoms with Gasteiger partial charge in [0.25, 0.3) is 0 Å². The van der Waals surface area contributed by atoms with Gasteiger partial charge in [-0.2, -0.15) is 0 Å². The molecule has 17 heavy (non-hydrogen) atoms. The van der Waals surface area contributed by atoms with E-state index >= 15 is 0 Å². The fourth-order valence-corrected chi connectivity index (χ4v) is 2.98. The minimum absolute atomic E-state index is 0.655. The van der Waals surface area contributed by atoms with Crippen molar-refractivity contribution in [2.24, 2.45) is 5.92 Å². The molecule has 1 heterocycles. The lowest BCUT2D eigenvalue weighted by molar-refractivity contribution is 0.269. The molecular weight excluding hydrogens is 208 g/mol. The van der Waals surface area contributed by atoms with Gasteiger partial charge in [-0.05, 0) is 49.4 Å². The summed E-state index contributed by atoms with van der Waals surface area (Å²) in [5.74, 6) is 0.872. The zero-order valence-corrected chi connectivity index (χ0v) is 10.9. The third-order valence-electron chi connectivity index (χ3n) is 3.89. The molecule has 1 fully saturated rings. The number of hydrogen-bond acceptors (Lipinski definition) is 2. The van der Waals surface area contributed by atoms with Crippen LogP contribution in [-0.2, 0) is 6.42 Å². The van der Waals surface area contributed by atoms with Gasteiger partial charge in [0.1, 0.15) is 0 Å². The molecule has 0 radical (unpaired) electrons. The zero-order valence-electron chi connectivity index (χ0n) is 10.9. The van der Waals surface area contributed by atoms with E-state index in [0.29, 0.717) is 6.04 Å². The first-order valence-corrected chi connectivity index (χ1v) is 7.02. The predicted molar refractivity (Wildman–Crippen MR) is 72.0 cm³/mol. The van der Waals surface area contributed by atoms with E-state index in [4.69, 9.17) is 0 Å². The molecule has 0 aliphatic heterocycles. The summed E-state index contributed by atoms with van der Waals surface area (Å²) in [6.07, 6.45) is 12.0. The van der Waals surface area contributed by atoms with Crippen LogP contribution in [0, 0.1) is 5.92 Å². The van der Waals surface area contributed by atoms with Gasteiger partial charge >= 0.3 is 0 Å². The molecule has 2 nitrogen and oxygen atoms in total. The molecule has 0 aromatic carbocycles. The van der Waals surface area contributed by atoms with Gasteiger partial charge < -0.3 is 5.32 Å². The Kier molecular flexibility index (Phi) is 4.99. The van der Waals surface area contributed by atoms with Crippen LogP contribution in [0.4, 0.5) is 0 Å². The first kappa shape index (κ1) is 12.6. The van der Waals surface area contributed by atoms with Gasteiger partial charge in [-0.1, -0.05) is 26.2 Å². The number of nitrogens with zero attached hydrogens (tertiary/aromatic N) is 1. The van der Waals surface area contributed by atoms with Crippen LogP contribution < -0.4 is 5.32 Å². The first-order chi connectivity index (χ1) is 8.40. The van der Waals surface area contributed by atoms with Gasteiger partial charge in [0.05, 0.1) is 0 Å². The van der Waals surface area contributed by atoms with Crippen LogP contribution in [0.2, 0.25) is 0 Å². The molecule has 94 valence electrons. The minimum Gasteiger partial charge on any atom is -0.314 e. The number of hydrogen-bond donors (Lipinski definition) is 1. The van der Waals surface area contributed by atoms with Gasteiger partial charge in [0.2, 0.25) is 0 Å². The Balaban J connectivity index is 1.96. The fourth-order valence-electron chi connectivity index (χ4n) is 2.98. The van der Waals surface area contributed by atoms with E-state index in [1.54, 1.807) is 0 Å². The Morgan fingerprint density at radius 3 is 2.59 bits per heavy atom. The Morgan fingerprint density at radius 2 is 1.94 bits per heavy atom. The first-order valence-electron chi connectivity index (χ1n) is 7.02. The SMILES string of the molecule is CCNC(Cc1ccncc1)C1CCCCC1. The summed E-state index contributed by atoms with van der Waals surface area (Å²) in [6, 6.07) is 4.95. The Morgan fingerprint density at radius 1 is 1.24 bits per heavy atom. The molecule has 2 rings (SSSR count). The minimum atomic E-state index is 0.655. The molecule has 1 atom stereocenters. The van der Waals surface area contributed by atoms with Crippen molar-refractivity contribution in [3.8, 4) is 0 Å². The average Bonchev–Trinajstić information content (AvgIpc) is 2.40. The molecule has 0 bridgehead atoms. The van der Waals surface area contributed by atoms with Crippen LogP contribution in [0.3, 0.4) is 0 Å². The molecule has 1 aliphatic rings. The van der Waals surface area contributed by atoms with Crippen LogP contribution in [-0.4, -0.2) is 17.6 Å². The molecule has 1 saturated carbocycles. The second-order valence-corrected chi connectivity index (χ2v) is 5.12. The monoisotopic (exact) mass is 232 g/mol. The molecular formula is C15H24N2. The second-order valence-electron chi connectivity index (χ2n) is 5.12. The quantitative estimate of drug-likeness (QED) is 0.843. The Labute approximate surface area is 105 Å². The molecule has 1 N–H and O–H groups in total. The summed E-state index contributed by atoms with van der Waals surface area (Å²) in [5.41, 5.74) is 1.41. The lowest BCUT2D eigenvalue weighted by Crippen LogP contribution is -2.38. The maximum atomic E-state index is 4.09. The highest BCUT2D eigenvalue weighted by Crippen LogP contribution is 2.27. The average molecular weight is 232 g/mol. The zero-order chi connectivity index (χ0) is 11.9. The fraction of sp³-hybridized carbons (Fsp3) is 0.667. The summed E-state index contributed by atoms with van der Waals surface area (Å²) in [5, 5.41) is 3.68. The molecule has 2 heteroatoms. The van der Waals surface area contributed by atoms with E-state index in [9.17, 15) is 0 Å². The second kappa shape index (κ2) is 6.75. The van der Waals surface area contributed by atoms with Gasteiger partial charge in [-0.25, -0.2) is 0 Å². The van der Waals surface area contributed by atoms with Crippen LogP contribution in [0.5, 0.6) is 0 Å². The normalized spacial score (nSPS) is 19.1.